The van der Waals surface area contributed by atoms with E-state index >= 15 is 0 Å². The molecule has 10 heteroatoms. The van der Waals surface area contributed by atoms with E-state index in [2.05, 4.69) is 77.8 Å². The van der Waals surface area contributed by atoms with Gasteiger partial charge in [-0.3, -0.25) is 9.69 Å². The van der Waals surface area contributed by atoms with Crippen molar-refractivity contribution in [3.8, 4) is 11.3 Å². The number of aromatic amines is 1. The van der Waals surface area contributed by atoms with E-state index in [1.165, 1.54) is 11.1 Å². The summed E-state index contributed by atoms with van der Waals surface area (Å²) in [5.74, 6) is 1.47. The number of fused-ring (bicyclic) bond motifs is 2. The molecule has 1 N–H and O–H groups in total. The number of piperazine rings is 1. The van der Waals surface area contributed by atoms with Crippen LogP contribution in [-0.4, -0.2) is 98.8 Å². The third kappa shape index (κ3) is 3.99. The molecule has 0 unspecified atom stereocenters. The maximum Gasteiger partial charge on any atom is 0.236 e. The van der Waals surface area contributed by atoms with Crippen LogP contribution in [0, 0.1) is 19.3 Å². The molecule has 4 aromatic heterocycles. The van der Waals surface area contributed by atoms with Crippen molar-refractivity contribution >= 4 is 28.4 Å². The first-order valence-electron chi connectivity index (χ1n) is 14.4. The quantitative estimate of drug-likeness (QED) is 0.413. The lowest BCUT2D eigenvalue weighted by atomic mass is 9.78. The van der Waals surface area contributed by atoms with Crippen LogP contribution >= 0.6 is 0 Å². The van der Waals surface area contributed by atoms with E-state index in [1.807, 2.05) is 9.42 Å². The third-order valence-electron chi connectivity index (χ3n) is 9.21. The fourth-order valence-corrected chi connectivity index (χ4v) is 6.87. The average molecular weight is 543 g/mol. The zero-order valence-electron chi connectivity index (χ0n) is 24.1. The number of nitrogens with one attached hydrogen (secondary N) is 1. The van der Waals surface area contributed by atoms with Gasteiger partial charge in [0, 0.05) is 61.5 Å². The fraction of sp³-hybridized carbons (Fsp3) is 0.533. The Morgan fingerprint density at radius 1 is 1.18 bits per heavy atom. The first-order chi connectivity index (χ1) is 19.2. The van der Waals surface area contributed by atoms with Crippen LogP contribution in [0.2, 0.25) is 0 Å². The van der Waals surface area contributed by atoms with E-state index in [0.29, 0.717) is 18.5 Å². The van der Waals surface area contributed by atoms with Gasteiger partial charge in [-0.25, -0.2) is 14.5 Å². The molecule has 7 rings (SSSR count). The summed E-state index contributed by atoms with van der Waals surface area (Å²) in [5.41, 5.74) is 9.02. The van der Waals surface area contributed by atoms with Crippen LogP contribution in [0.1, 0.15) is 43.4 Å². The Bertz CT molecular complexity index is 1610. The Morgan fingerprint density at radius 2 is 1.98 bits per heavy atom. The van der Waals surface area contributed by atoms with Crippen molar-refractivity contribution in [1.82, 2.24) is 34.4 Å². The van der Waals surface area contributed by atoms with Crippen LogP contribution in [0.15, 0.2) is 24.7 Å². The number of likely N-dealkylation sites (tertiary alicyclic amines) is 1. The molecule has 3 fully saturated rings. The van der Waals surface area contributed by atoms with Gasteiger partial charge >= 0.3 is 0 Å². The van der Waals surface area contributed by atoms with Gasteiger partial charge in [-0.15, -0.1) is 0 Å². The SMILES string of the molecule is Cc1c(-c2[nH]c3ccc(N4CCN(C(=O)CN5CC6(COC6)C5)C[C@H]4C)nc3c2C(C)C)cn2ncnc2c1C. The van der Waals surface area contributed by atoms with Gasteiger partial charge in [-0.05, 0) is 49.9 Å². The van der Waals surface area contributed by atoms with Gasteiger partial charge in [0.25, 0.3) is 0 Å². The normalized spacial score (nSPS) is 21.0. The Balaban J connectivity index is 1.13. The van der Waals surface area contributed by atoms with Crippen molar-refractivity contribution in [1.29, 1.82) is 0 Å². The number of rotatable bonds is 5. The monoisotopic (exact) mass is 542 g/mol. The van der Waals surface area contributed by atoms with Gasteiger partial charge in [0.2, 0.25) is 5.91 Å². The summed E-state index contributed by atoms with van der Waals surface area (Å²) in [7, 11) is 0. The van der Waals surface area contributed by atoms with Crippen LogP contribution in [0.4, 0.5) is 5.82 Å². The van der Waals surface area contributed by atoms with E-state index in [-0.39, 0.29) is 17.9 Å². The van der Waals surface area contributed by atoms with Crippen molar-refractivity contribution in [3.63, 3.8) is 0 Å². The van der Waals surface area contributed by atoms with Crippen LogP contribution in [0.25, 0.3) is 27.9 Å². The molecule has 3 saturated heterocycles. The molecule has 10 nitrogen and oxygen atoms in total. The first kappa shape index (κ1) is 25.5. The average Bonchev–Trinajstić information content (AvgIpc) is 3.51. The number of H-pyrrole nitrogens is 1. The third-order valence-corrected chi connectivity index (χ3v) is 9.21. The zero-order valence-corrected chi connectivity index (χ0v) is 24.1. The lowest BCUT2D eigenvalue weighted by Gasteiger charge is -2.55. The zero-order chi connectivity index (χ0) is 27.8. The maximum atomic E-state index is 13.1. The summed E-state index contributed by atoms with van der Waals surface area (Å²) in [6, 6.07) is 4.45. The standard InChI is InChI=1S/C30H38N8O2/c1-18(2)26-27(22-11-38-29(31-17-32-38)21(5)20(22)4)33-23-6-7-24(34-28(23)26)37-9-8-36(10-19(37)3)25(39)12-35-13-30(14-35)15-40-16-30/h6-7,11,17-19,33H,8-10,12-16H2,1-5H3/t19-/m1/s1. The fourth-order valence-electron chi connectivity index (χ4n) is 6.87. The largest absolute Gasteiger partial charge is 0.380 e. The number of pyridine rings is 2. The smallest absolute Gasteiger partial charge is 0.236 e. The number of hydrogen-bond acceptors (Lipinski definition) is 7. The highest BCUT2D eigenvalue weighted by Crippen LogP contribution is 2.39. The molecule has 0 bridgehead atoms. The van der Waals surface area contributed by atoms with Crippen molar-refractivity contribution in [3.05, 3.63) is 41.3 Å². The second-order valence-corrected chi connectivity index (χ2v) is 12.5. The molecule has 4 aromatic rings. The molecule has 1 spiro atoms. The first-order valence-corrected chi connectivity index (χ1v) is 14.4. The number of anilines is 1. The summed E-state index contributed by atoms with van der Waals surface area (Å²) >= 11 is 0. The predicted molar refractivity (Wildman–Crippen MR) is 155 cm³/mol. The summed E-state index contributed by atoms with van der Waals surface area (Å²) in [4.78, 5) is 33.0. The molecule has 1 amide bonds. The number of hydrogen-bond donors (Lipinski definition) is 1. The molecule has 0 saturated carbocycles. The number of nitrogens with zero attached hydrogens (tertiary/aromatic N) is 7. The van der Waals surface area contributed by atoms with Gasteiger partial charge in [-0.1, -0.05) is 13.8 Å². The van der Waals surface area contributed by atoms with E-state index < -0.39 is 0 Å². The number of aromatic nitrogens is 5. The lowest BCUT2D eigenvalue weighted by molar-refractivity contribution is -0.191. The number of carbonyl (C=O) groups is 1. The van der Waals surface area contributed by atoms with E-state index in [4.69, 9.17) is 9.72 Å². The molecular weight excluding hydrogens is 504 g/mol. The minimum Gasteiger partial charge on any atom is -0.380 e. The van der Waals surface area contributed by atoms with Crippen molar-refractivity contribution < 1.29 is 9.53 Å². The van der Waals surface area contributed by atoms with Gasteiger partial charge in [0.1, 0.15) is 12.1 Å². The molecule has 210 valence electrons. The molecular formula is C30H38N8O2. The molecule has 3 aliphatic rings. The molecule has 1 atom stereocenters. The summed E-state index contributed by atoms with van der Waals surface area (Å²) in [6.45, 7) is 17.3. The highest BCUT2D eigenvalue weighted by molar-refractivity contribution is 5.90. The highest BCUT2D eigenvalue weighted by Gasteiger charge is 2.49. The van der Waals surface area contributed by atoms with E-state index in [9.17, 15) is 4.79 Å². The Labute approximate surface area is 234 Å². The Kier molecular flexibility index (Phi) is 5.90. The van der Waals surface area contributed by atoms with Gasteiger partial charge in [0.05, 0.1) is 36.5 Å². The van der Waals surface area contributed by atoms with Gasteiger partial charge in [0.15, 0.2) is 5.65 Å². The van der Waals surface area contributed by atoms with Gasteiger partial charge in [-0.2, -0.15) is 5.10 Å². The molecule has 3 aliphatic heterocycles. The minimum absolute atomic E-state index is 0.186. The molecule has 0 aliphatic carbocycles. The van der Waals surface area contributed by atoms with Crippen LogP contribution in [0.5, 0.6) is 0 Å². The van der Waals surface area contributed by atoms with Crippen LogP contribution in [-0.2, 0) is 9.53 Å². The Morgan fingerprint density at radius 3 is 2.67 bits per heavy atom. The molecule has 7 heterocycles. The number of carbonyl (C=O) groups excluding carboxylic acids is 1. The molecule has 0 aromatic carbocycles. The summed E-state index contributed by atoms with van der Waals surface area (Å²) in [6.07, 6.45) is 3.67. The second-order valence-electron chi connectivity index (χ2n) is 12.5. The molecule has 40 heavy (non-hydrogen) atoms. The lowest BCUT2D eigenvalue weighted by Crippen LogP contribution is -2.67. The van der Waals surface area contributed by atoms with E-state index in [0.717, 1.165) is 78.7 Å². The predicted octanol–water partition coefficient (Wildman–Crippen LogP) is 3.38. The van der Waals surface area contributed by atoms with Crippen molar-refractivity contribution in [2.45, 2.75) is 46.6 Å². The molecule has 0 radical (unpaired) electrons. The number of ether oxygens (including phenoxy) is 1. The van der Waals surface area contributed by atoms with E-state index in [1.54, 1.807) is 6.33 Å². The van der Waals surface area contributed by atoms with Gasteiger partial charge < -0.3 is 19.5 Å². The maximum absolute atomic E-state index is 13.1. The topological polar surface area (TPSA) is 94.9 Å². The Hall–Kier alpha value is -3.50. The minimum atomic E-state index is 0.186. The number of amides is 1. The highest BCUT2D eigenvalue weighted by atomic mass is 16.5. The second kappa shape index (κ2) is 9.27. The summed E-state index contributed by atoms with van der Waals surface area (Å²) < 4.78 is 7.23. The summed E-state index contributed by atoms with van der Waals surface area (Å²) in [5, 5.41) is 4.41. The van der Waals surface area contributed by atoms with Crippen LogP contribution < -0.4 is 4.90 Å². The number of aryl methyl sites for hydroxylation is 1. The van der Waals surface area contributed by atoms with Crippen molar-refractivity contribution in [2.24, 2.45) is 5.41 Å². The van der Waals surface area contributed by atoms with Crippen molar-refractivity contribution in [2.75, 3.05) is 57.4 Å². The van der Waals surface area contributed by atoms with Crippen LogP contribution in [0.3, 0.4) is 0 Å².